The Morgan fingerprint density at radius 3 is 2.63 bits per heavy atom. The summed E-state index contributed by atoms with van der Waals surface area (Å²) in [5.41, 5.74) is 3.36. The summed E-state index contributed by atoms with van der Waals surface area (Å²) >= 11 is 0. The Balaban J connectivity index is 1.65. The molecule has 0 atom stereocenters. The van der Waals surface area contributed by atoms with E-state index < -0.39 is 0 Å². The van der Waals surface area contributed by atoms with Crippen LogP contribution in [-0.4, -0.2) is 41.5 Å². The summed E-state index contributed by atoms with van der Waals surface area (Å²) in [6.07, 6.45) is 3.66. The zero-order valence-corrected chi connectivity index (χ0v) is 16.5. The molecule has 27 heavy (non-hydrogen) atoms. The minimum Gasteiger partial charge on any atom is -0.357 e. The molecule has 1 aliphatic rings. The second-order valence-corrected chi connectivity index (χ2v) is 6.95. The number of carbonyl (C=O) groups is 1. The molecule has 1 N–H and O–H groups in total. The van der Waals surface area contributed by atoms with E-state index in [2.05, 4.69) is 66.3 Å². The number of benzene rings is 1. The topological polar surface area (TPSA) is 52.9 Å². The molecular formula is C21H29N5O. The van der Waals surface area contributed by atoms with Gasteiger partial charge < -0.3 is 19.7 Å². The van der Waals surface area contributed by atoms with E-state index in [1.807, 2.05) is 17.0 Å². The normalized spacial score (nSPS) is 14.7. The van der Waals surface area contributed by atoms with Crippen molar-refractivity contribution in [3.63, 3.8) is 0 Å². The Kier molecular flexibility index (Phi) is 6.16. The second-order valence-electron chi connectivity index (χ2n) is 6.95. The van der Waals surface area contributed by atoms with Gasteiger partial charge in [-0.25, -0.2) is 4.99 Å². The van der Waals surface area contributed by atoms with Crippen molar-refractivity contribution in [1.82, 2.24) is 14.8 Å². The number of aryl methyl sites for hydroxylation is 1. The van der Waals surface area contributed by atoms with Gasteiger partial charge in [0.1, 0.15) is 0 Å². The fourth-order valence-corrected chi connectivity index (χ4v) is 3.32. The standard InChI is InChI=1S/C21H29N5O/c1-4-22-21(25(3)16-19-7-5-13-24(19)2)23-15-17-9-11-18(12-10-17)26-14-6-8-20(26)27/h5,7,9-13H,4,6,8,14-16H2,1-3H3,(H,22,23). The third-order valence-corrected chi connectivity index (χ3v) is 4.88. The minimum absolute atomic E-state index is 0.220. The van der Waals surface area contributed by atoms with Gasteiger partial charge in [-0.3, -0.25) is 4.79 Å². The first-order chi connectivity index (χ1) is 13.1. The van der Waals surface area contributed by atoms with Crippen molar-refractivity contribution in [1.29, 1.82) is 0 Å². The van der Waals surface area contributed by atoms with Crippen LogP contribution >= 0.6 is 0 Å². The maximum atomic E-state index is 11.9. The lowest BCUT2D eigenvalue weighted by Gasteiger charge is -2.22. The van der Waals surface area contributed by atoms with E-state index in [0.29, 0.717) is 13.0 Å². The predicted molar refractivity (Wildman–Crippen MR) is 110 cm³/mol. The summed E-state index contributed by atoms with van der Waals surface area (Å²) in [6, 6.07) is 12.3. The van der Waals surface area contributed by atoms with Crippen LogP contribution in [0.1, 0.15) is 31.0 Å². The first-order valence-electron chi connectivity index (χ1n) is 9.57. The van der Waals surface area contributed by atoms with Crippen LogP contribution in [0.15, 0.2) is 47.6 Å². The third-order valence-electron chi connectivity index (χ3n) is 4.88. The molecule has 1 amide bonds. The lowest BCUT2D eigenvalue weighted by atomic mass is 10.2. The summed E-state index contributed by atoms with van der Waals surface area (Å²) in [6.45, 7) is 5.13. The molecule has 1 aliphatic heterocycles. The van der Waals surface area contributed by atoms with Gasteiger partial charge in [0, 0.05) is 51.2 Å². The number of hydrogen-bond acceptors (Lipinski definition) is 2. The number of nitrogens with one attached hydrogen (secondary N) is 1. The maximum absolute atomic E-state index is 11.9. The van der Waals surface area contributed by atoms with Crippen LogP contribution in [0.5, 0.6) is 0 Å². The Hall–Kier alpha value is -2.76. The van der Waals surface area contributed by atoms with Gasteiger partial charge in [-0.15, -0.1) is 0 Å². The highest BCUT2D eigenvalue weighted by Gasteiger charge is 2.21. The van der Waals surface area contributed by atoms with Crippen molar-refractivity contribution < 1.29 is 4.79 Å². The minimum atomic E-state index is 0.220. The number of rotatable bonds is 6. The lowest BCUT2D eigenvalue weighted by molar-refractivity contribution is -0.117. The molecule has 0 spiro atoms. The Labute approximate surface area is 161 Å². The highest BCUT2D eigenvalue weighted by atomic mass is 16.2. The molecule has 2 aromatic rings. The average molecular weight is 367 g/mol. The van der Waals surface area contributed by atoms with Crippen LogP contribution in [0.2, 0.25) is 0 Å². The largest absolute Gasteiger partial charge is 0.357 e. The molecule has 1 aromatic heterocycles. The Morgan fingerprint density at radius 2 is 2.04 bits per heavy atom. The molecule has 0 radical (unpaired) electrons. The third kappa shape index (κ3) is 4.70. The summed E-state index contributed by atoms with van der Waals surface area (Å²) < 4.78 is 2.12. The van der Waals surface area contributed by atoms with Crippen molar-refractivity contribution in [2.24, 2.45) is 12.0 Å². The highest BCUT2D eigenvalue weighted by Crippen LogP contribution is 2.21. The second kappa shape index (κ2) is 8.75. The number of anilines is 1. The van der Waals surface area contributed by atoms with E-state index in [1.165, 1.54) is 5.69 Å². The average Bonchev–Trinajstić information content (AvgIpc) is 3.27. The Morgan fingerprint density at radius 1 is 1.26 bits per heavy atom. The molecule has 2 heterocycles. The molecule has 144 valence electrons. The fraction of sp³-hybridized carbons (Fsp3) is 0.429. The van der Waals surface area contributed by atoms with Gasteiger partial charge in [-0.2, -0.15) is 0 Å². The number of aliphatic imine (C=N–C) groups is 1. The van der Waals surface area contributed by atoms with Crippen LogP contribution in [0.4, 0.5) is 5.69 Å². The van der Waals surface area contributed by atoms with Gasteiger partial charge in [0.05, 0.1) is 13.1 Å². The van der Waals surface area contributed by atoms with Crippen LogP contribution in [-0.2, 0) is 24.9 Å². The van der Waals surface area contributed by atoms with E-state index in [1.54, 1.807) is 0 Å². The first kappa shape index (κ1) is 19.0. The summed E-state index contributed by atoms with van der Waals surface area (Å²) in [5.74, 6) is 1.11. The monoisotopic (exact) mass is 367 g/mol. The zero-order chi connectivity index (χ0) is 19.2. The van der Waals surface area contributed by atoms with Gasteiger partial charge in [0.2, 0.25) is 5.91 Å². The number of hydrogen-bond donors (Lipinski definition) is 1. The van der Waals surface area contributed by atoms with Crippen molar-refractivity contribution in [2.45, 2.75) is 32.9 Å². The molecule has 1 fully saturated rings. The molecule has 1 saturated heterocycles. The summed E-state index contributed by atoms with van der Waals surface area (Å²) in [7, 11) is 4.11. The van der Waals surface area contributed by atoms with Crippen molar-refractivity contribution in [3.05, 3.63) is 53.9 Å². The molecule has 0 aliphatic carbocycles. The van der Waals surface area contributed by atoms with Crippen molar-refractivity contribution in [2.75, 3.05) is 25.0 Å². The number of amides is 1. The molecule has 0 unspecified atom stereocenters. The molecule has 3 rings (SSSR count). The maximum Gasteiger partial charge on any atom is 0.227 e. The van der Waals surface area contributed by atoms with Crippen LogP contribution in [0.25, 0.3) is 0 Å². The number of nitrogens with zero attached hydrogens (tertiary/aromatic N) is 4. The summed E-state index contributed by atoms with van der Waals surface area (Å²) in [4.78, 5) is 20.6. The van der Waals surface area contributed by atoms with Crippen LogP contribution in [0.3, 0.4) is 0 Å². The van der Waals surface area contributed by atoms with Crippen LogP contribution < -0.4 is 10.2 Å². The first-order valence-corrected chi connectivity index (χ1v) is 9.57. The van der Waals surface area contributed by atoms with Crippen LogP contribution in [0, 0.1) is 0 Å². The number of guanidine groups is 1. The molecule has 1 aromatic carbocycles. The molecule has 0 bridgehead atoms. The molecule has 6 nitrogen and oxygen atoms in total. The smallest absolute Gasteiger partial charge is 0.227 e. The Bertz CT molecular complexity index is 793. The SMILES string of the molecule is CCNC(=NCc1ccc(N2CCCC2=O)cc1)N(C)Cc1cccn1C. The van der Waals surface area contributed by atoms with E-state index in [0.717, 1.165) is 43.3 Å². The van der Waals surface area contributed by atoms with E-state index in [9.17, 15) is 4.79 Å². The van der Waals surface area contributed by atoms with E-state index in [-0.39, 0.29) is 5.91 Å². The summed E-state index contributed by atoms with van der Waals surface area (Å²) in [5, 5.41) is 3.36. The highest BCUT2D eigenvalue weighted by molar-refractivity contribution is 5.95. The van der Waals surface area contributed by atoms with Gasteiger partial charge in [0.25, 0.3) is 0 Å². The van der Waals surface area contributed by atoms with Crippen molar-refractivity contribution in [3.8, 4) is 0 Å². The van der Waals surface area contributed by atoms with E-state index >= 15 is 0 Å². The number of aromatic nitrogens is 1. The molecular weight excluding hydrogens is 338 g/mol. The lowest BCUT2D eigenvalue weighted by Crippen LogP contribution is -2.38. The van der Waals surface area contributed by atoms with Gasteiger partial charge >= 0.3 is 0 Å². The quantitative estimate of drug-likeness (QED) is 0.631. The molecule has 0 saturated carbocycles. The zero-order valence-electron chi connectivity index (χ0n) is 16.5. The number of carbonyl (C=O) groups excluding carboxylic acids is 1. The van der Waals surface area contributed by atoms with Gasteiger partial charge in [-0.05, 0) is 43.2 Å². The predicted octanol–water partition coefficient (Wildman–Crippen LogP) is 2.75. The van der Waals surface area contributed by atoms with Crippen molar-refractivity contribution >= 4 is 17.6 Å². The molecule has 6 heteroatoms. The van der Waals surface area contributed by atoms with E-state index in [4.69, 9.17) is 4.99 Å². The fourth-order valence-electron chi connectivity index (χ4n) is 3.32. The van der Waals surface area contributed by atoms with Gasteiger partial charge in [0.15, 0.2) is 5.96 Å². The van der Waals surface area contributed by atoms with Gasteiger partial charge in [-0.1, -0.05) is 12.1 Å².